The number of aromatic nitrogens is 2. The van der Waals surface area contributed by atoms with Crippen LogP contribution in [0.15, 0.2) is 54.7 Å². The number of rotatable bonds is 5. The fourth-order valence-corrected chi connectivity index (χ4v) is 3.31. The number of piperazine rings is 1. The molecule has 0 amide bonds. The lowest BCUT2D eigenvalue weighted by Crippen LogP contribution is -2.44. The van der Waals surface area contributed by atoms with Crippen molar-refractivity contribution in [1.82, 2.24) is 14.9 Å². The van der Waals surface area contributed by atoms with E-state index in [1.165, 1.54) is 11.8 Å². The van der Waals surface area contributed by atoms with Crippen LogP contribution in [0.25, 0.3) is 0 Å². The third kappa shape index (κ3) is 4.81. The first kappa shape index (κ1) is 19.1. The van der Waals surface area contributed by atoms with Crippen molar-refractivity contribution in [2.45, 2.75) is 6.92 Å². The average Bonchev–Trinajstić information content (AvgIpc) is 2.72. The van der Waals surface area contributed by atoms with Crippen LogP contribution in [0, 0.1) is 12.7 Å². The lowest BCUT2D eigenvalue weighted by molar-refractivity contribution is 0.313. The van der Waals surface area contributed by atoms with Gasteiger partial charge in [-0.2, -0.15) is 4.98 Å². The summed E-state index contributed by atoms with van der Waals surface area (Å²) in [6, 6.07) is 15.0. The molecule has 150 valence electrons. The molecule has 2 heterocycles. The van der Waals surface area contributed by atoms with E-state index in [1.54, 1.807) is 31.3 Å². The van der Waals surface area contributed by atoms with Crippen molar-refractivity contribution in [2.75, 3.05) is 48.8 Å². The molecular formula is C22H25FN6. The van der Waals surface area contributed by atoms with Gasteiger partial charge in [0.15, 0.2) is 0 Å². The zero-order chi connectivity index (χ0) is 20.2. The Morgan fingerprint density at radius 2 is 1.62 bits per heavy atom. The summed E-state index contributed by atoms with van der Waals surface area (Å²) in [5, 5.41) is 6.42. The van der Waals surface area contributed by atoms with E-state index in [0.29, 0.717) is 17.3 Å². The van der Waals surface area contributed by atoms with Gasteiger partial charge in [-0.05, 0) is 68.1 Å². The Kier molecular flexibility index (Phi) is 5.57. The SMILES string of the molecule is Cc1cc(Nc2ccnc(Nc3ccc(N4CCN(C)CC4)cc3)n2)ccc1F. The van der Waals surface area contributed by atoms with E-state index in [-0.39, 0.29) is 5.82 Å². The zero-order valence-corrected chi connectivity index (χ0v) is 16.7. The summed E-state index contributed by atoms with van der Waals surface area (Å²) >= 11 is 0. The van der Waals surface area contributed by atoms with Gasteiger partial charge in [0.25, 0.3) is 0 Å². The first-order valence-corrected chi connectivity index (χ1v) is 9.74. The number of nitrogens with zero attached hydrogens (tertiary/aromatic N) is 4. The molecule has 0 saturated carbocycles. The summed E-state index contributed by atoms with van der Waals surface area (Å²) in [6.45, 7) is 5.99. The number of hydrogen-bond donors (Lipinski definition) is 2. The highest BCUT2D eigenvalue weighted by Crippen LogP contribution is 2.22. The van der Waals surface area contributed by atoms with Crippen LogP contribution in [0.4, 0.5) is 33.2 Å². The minimum Gasteiger partial charge on any atom is -0.369 e. The molecule has 0 bridgehead atoms. The Balaban J connectivity index is 1.41. The molecule has 0 spiro atoms. The highest BCUT2D eigenvalue weighted by molar-refractivity contribution is 5.62. The molecule has 6 nitrogen and oxygen atoms in total. The van der Waals surface area contributed by atoms with Crippen LogP contribution < -0.4 is 15.5 Å². The maximum Gasteiger partial charge on any atom is 0.229 e. The Labute approximate surface area is 170 Å². The van der Waals surface area contributed by atoms with Crippen LogP contribution in [0.1, 0.15) is 5.56 Å². The summed E-state index contributed by atoms with van der Waals surface area (Å²) in [4.78, 5) is 13.5. The molecule has 1 aromatic heterocycles. The predicted molar refractivity (Wildman–Crippen MR) is 116 cm³/mol. The van der Waals surface area contributed by atoms with E-state index >= 15 is 0 Å². The Morgan fingerprint density at radius 1 is 0.897 bits per heavy atom. The first-order chi connectivity index (χ1) is 14.1. The lowest BCUT2D eigenvalue weighted by atomic mass is 10.2. The van der Waals surface area contributed by atoms with E-state index in [4.69, 9.17) is 0 Å². The molecule has 7 heteroatoms. The summed E-state index contributed by atoms with van der Waals surface area (Å²) in [5.41, 5.74) is 3.53. The average molecular weight is 392 g/mol. The largest absolute Gasteiger partial charge is 0.369 e. The van der Waals surface area contributed by atoms with Crippen molar-refractivity contribution in [3.05, 3.63) is 66.1 Å². The molecule has 4 rings (SSSR count). The van der Waals surface area contributed by atoms with Gasteiger partial charge in [-0.15, -0.1) is 0 Å². The highest BCUT2D eigenvalue weighted by atomic mass is 19.1. The first-order valence-electron chi connectivity index (χ1n) is 9.74. The number of anilines is 5. The number of likely N-dealkylation sites (N-methyl/N-ethyl adjacent to an activating group) is 1. The van der Waals surface area contributed by atoms with Crippen molar-refractivity contribution in [3.63, 3.8) is 0 Å². The van der Waals surface area contributed by atoms with Crippen LogP contribution in [0.5, 0.6) is 0 Å². The zero-order valence-electron chi connectivity index (χ0n) is 16.7. The topological polar surface area (TPSA) is 56.3 Å². The summed E-state index contributed by atoms with van der Waals surface area (Å²) < 4.78 is 13.4. The van der Waals surface area contributed by atoms with Gasteiger partial charge in [-0.1, -0.05) is 0 Å². The fraction of sp³-hybridized carbons (Fsp3) is 0.273. The maximum absolute atomic E-state index is 13.4. The second-order valence-electron chi connectivity index (χ2n) is 7.32. The van der Waals surface area contributed by atoms with Crippen LogP contribution in [-0.4, -0.2) is 48.1 Å². The molecule has 2 N–H and O–H groups in total. The van der Waals surface area contributed by atoms with Gasteiger partial charge in [-0.25, -0.2) is 9.37 Å². The highest BCUT2D eigenvalue weighted by Gasteiger charge is 2.14. The molecule has 1 saturated heterocycles. The van der Waals surface area contributed by atoms with Gasteiger partial charge < -0.3 is 20.4 Å². The summed E-state index contributed by atoms with van der Waals surface area (Å²) in [5.74, 6) is 0.921. The van der Waals surface area contributed by atoms with Crippen LogP contribution in [0.2, 0.25) is 0 Å². The predicted octanol–water partition coefficient (Wildman–Crippen LogP) is 4.16. The van der Waals surface area contributed by atoms with Crippen LogP contribution in [0.3, 0.4) is 0 Å². The smallest absolute Gasteiger partial charge is 0.229 e. The maximum atomic E-state index is 13.4. The van der Waals surface area contributed by atoms with Crippen molar-refractivity contribution in [1.29, 1.82) is 0 Å². The van der Waals surface area contributed by atoms with Gasteiger partial charge in [0, 0.05) is 49.4 Å². The fourth-order valence-electron chi connectivity index (χ4n) is 3.31. The minimum absolute atomic E-state index is 0.222. The number of nitrogens with one attached hydrogen (secondary N) is 2. The van der Waals surface area contributed by atoms with E-state index in [1.807, 2.05) is 12.1 Å². The Hall–Kier alpha value is -3.19. The number of aryl methyl sites for hydroxylation is 1. The molecule has 0 atom stereocenters. The monoisotopic (exact) mass is 392 g/mol. The molecule has 2 aromatic carbocycles. The van der Waals surface area contributed by atoms with Crippen molar-refractivity contribution >= 4 is 28.8 Å². The molecule has 1 fully saturated rings. The second kappa shape index (κ2) is 8.45. The Morgan fingerprint density at radius 3 is 2.34 bits per heavy atom. The quantitative estimate of drug-likeness (QED) is 0.680. The second-order valence-corrected chi connectivity index (χ2v) is 7.32. The number of hydrogen-bond acceptors (Lipinski definition) is 6. The molecule has 3 aromatic rings. The molecule has 29 heavy (non-hydrogen) atoms. The number of halogens is 1. The normalized spacial score (nSPS) is 14.7. The van der Waals surface area contributed by atoms with E-state index in [2.05, 4.69) is 49.6 Å². The lowest BCUT2D eigenvalue weighted by Gasteiger charge is -2.34. The third-order valence-corrected chi connectivity index (χ3v) is 5.08. The van der Waals surface area contributed by atoms with E-state index < -0.39 is 0 Å². The van der Waals surface area contributed by atoms with Gasteiger partial charge in [0.05, 0.1) is 0 Å². The van der Waals surface area contributed by atoms with Crippen molar-refractivity contribution in [3.8, 4) is 0 Å². The molecule has 1 aliphatic rings. The van der Waals surface area contributed by atoms with E-state index in [0.717, 1.165) is 37.6 Å². The molecule has 0 radical (unpaired) electrons. The standard InChI is InChI=1S/C22H25FN6/c1-16-15-18(5-8-20(16)23)25-21-9-10-24-22(27-21)26-17-3-6-19(7-4-17)29-13-11-28(2)12-14-29/h3-10,15H,11-14H2,1-2H3,(H2,24,25,26,27). The van der Waals surface area contributed by atoms with E-state index in [9.17, 15) is 4.39 Å². The van der Waals surface area contributed by atoms with Gasteiger partial charge in [0.2, 0.25) is 5.95 Å². The van der Waals surface area contributed by atoms with Crippen LogP contribution >= 0.6 is 0 Å². The van der Waals surface area contributed by atoms with Gasteiger partial charge >= 0.3 is 0 Å². The molecular weight excluding hydrogens is 367 g/mol. The van der Waals surface area contributed by atoms with Crippen molar-refractivity contribution < 1.29 is 4.39 Å². The number of benzene rings is 2. The van der Waals surface area contributed by atoms with Crippen molar-refractivity contribution in [2.24, 2.45) is 0 Å². The third-order valence-electron chi connectivity index (χ3n) is 5.08. The molecule has 0 unspecified atom stereocenters. The summed E-state index contributed by atoms with van der Waals surface area (Å²) in [6.07, 6.45) is 1.69. The van der Waals surface area contributed by atoms with Gasteiger partial charge in [-0.3, -0.25) is 0 Å². The molecule has 1 aliphatic heterocycles. The van der Waals surface area contributed by atoms with Crippen LogP contribution in [-0.2, 0) is 0 Å². The van der Waals surface area contributed by atoms with Gasteiger partial charge in [0.1, 0.15) is 11.6 Å². The summed E-state index contributed by atoms with van der Waals surface area (Å²) in [7, 11) is 2.16. The Bertz CT molecular complexity index is 967. The molecule has 0 aliphatic carbocycles. The minimum atomic E-state index is -0.222.